The van der Waals surface area contributed by atoms with Gasteiger partial charge in [0.1, 0.15) is 5.75 Å². The number of hydrogen-bond acceptors (Lipinski definition) is 3. The van der Waals surface area contributed by atoms with Crippen molar-refractivity contribution in [3.63, 3.8) is 0 Å². The molecule has 1 aliphatic rings. The molecule has 1 aromatic carbocycles. The van der Waals surface area contributed by atoms with E-state index >= 15 is 0 Å². The van der Waals surface area contributed by atoms with Crippen LogP contribution in [0.1, 0.15) is 25.3 Å². The molecule has 1 aliphatic carbocycles. The van der Waals surface area contributed by atoms with Gasteiger partial charge in [0.05, 0.1) is 6.61 Å². The van der Waals surface area contributed by atoms with Crippen molar-refractivity contribution < 1.29 is 4.74 Å². The second-order valence-corrected chi connectivity index (χ2v) is 4.48. The number of rotatable bonds is 4. The van der Waals surface area contributed by atoms with Gasteiger partial charge in [0.25, 0.3) is 0 Å². The Hall–Kier alpha value is -1.22. The molecular formula is C13H20N2O. The minimum atomic E-state index is 0.389. The summed E-state index contributed by atoms with van der Waals surface area (Å²) in [5.41, 5.74) is 8.19. The lowest BCUT2D eigenvalue weighted by Crippen LogP contribution is -2.44. The number of anilines is 1. The topological polar surface area (TPSA) is 47.3 Å². The molecule has 0 saturated heterocycles. The van der Waals surface area contributed by atoms with E-state index in [1.54, 1.807) is 0 Å². The molecule has 88 valence electrons. The van der Waals surface area contributed by atoms with Crippen LogP contribution in [0.4, 0.5) is 5.69 Å². The summed E-state index contributed by atoms with van der Waals surface area (Å²) in [5.74, 6) is 0.941. The van der Waals surface area contributed by atoms with E-state index in [1.165, 1.54) is 11.3 Å². The number of aryl methyl sites for hydroxylation is 1. The summed E-state index contributed by atoms with van der Waals surface area (Å²) in [6.07, 6.45) is 2.15. The highest BCUT2D eigenvalue weighted by atomic mass is 16.5. The third-order valence-electron chi connectivity index (χ3n) is 3.04. The van der Waals surface area contributed by atoms with Gasteiger partial charge in [-0.1, -0.05) is 0 Å². The van der Waals surface area contributed by atoms with Gasteiger partial charge >= 0.3 is 0 Å². The lowest BCUT2D eigenvalue weighted by atomic mass is 9.87. The maximum absolute atomic E-state index is 5.76. The van der Waals surface area contributed by atoms with Gasteiger partial charge in [-0.05, 0) is 50.5 Å². The van der Waals surface area contributed by atoms with Gasteiger partial charge in [-0.3, -0.25) is 0 Å². The Bertz CT molecular complexity index is 359. The van der Waals surface area contributed by atoms with Crippen LogP contribution in [0.2, 0.25) is 0 Å². The molecule has 0 unspecified atom stereocenters. The molecule has 3 nitrogen and oxygen atoms in total. The summed E-state index contributed by atoms with van der Waals surface area (Å²) >= 11 is 0. The van der Waals surface area contributed by atoms with Crippen molar-refractivity contribution in [1.29, 1.82) is 0 Å². The van der Waals surface area contributed by atoms with Crippen molar-refractivity contribution in [2.45, 2.75) is 38.8 Å². The number of ether oxygens (including phenoxy) is 1. The van der Waals surface area contributed by atoms with Crippen molar-refractivity contribution in [2.24, 2.45) is 5.73 Å². The lowest BCUT2D eigenvalue weighted by molar-refractivity contribution is 0.340. The summed E-state index contributed by atoms with van der Waals surface area (Å²) in [6, 6.07) is 7.11. The van der Waals surface area contributed by atoms with Crippen LogP contribution in [0.15, 0.2) is 18.2 Å². The first-order valence-corrected chi connectivity index (χ1v) is 5.94. The average molecular weight is 220 g/mol. The second-order valence-electron chi connectivity index (χ2n) is 4.48. The number of hydrogen-bond donors (Lipinski definition) is 2. The van der Waals surface area contributed by atoms with Crippen molar-refractivity contribution in [2.75, 3.05) is 11.9 Å². The lowest BCUT2D eigenvalue weighted by Gasteiger charge is -2.34. The summed E-state index contributed by atoms with van der Waals surface area (Å²) in [5, 5.41) is 3.51. The normalized spacial score (nSPS) is 23.7. The standard InChI is InChI=1S/C13H20N2O/c1-3-16-12-4-5-13(9(2)6-12)15-11-7-10(14)8-11/h4-6,10-11,15H,3,7-8,14H2,1-2H3. The number of nitrogens with two attached hydrogens (primary N) is 1. The molecular weight excluding hydrogens is 200 g/mol. The molecule has 3 N–H and O–H groups in total. The van der Waals surface area contributed by atoms with Crippen molar-refractivity contribution >= 4 is 5.69 Å². The number of benzene rings is 1. The molecule has 0 amide bonds. The fourth-order valence-corrected chi connectivity index (χ4v) is 2.05. The molecule has 1 aromatic rings. The summed E-state index contributed by atoms with van der Waals surface area (Å²) < 4.78 is 5.46. The maximum Gasteiger partial charge on any atom is 0.119 e. The maximum atomic E-state index is 5.76. The fraction of sp³-hybridized carbons (Fsp3) is 0.538. The van der Waals surface area contributed by atoms with Crippen LogP contribution in [0.25, 0.3) is 0 Å². The molecule has 0 heterocycles. The zero-order valence-corrected chi connectivity index (χ0v) is 9.99. The number of nitrogens with one attached hydrogen (secondary N) is 1. The molecule has 2 rings (SSSR count). The first-order valence-electron chi connectivity index (χ1n) is 5.94. The molecule has 0 aliphatic heterocycles. The van der Waals surface area contributed by atoms with Gasteiger partial charge in [0.15, 0.2) is 0 Å². The van der Waals surface area contributed by atoms with Crippen LogP contribution in [0.3, 0.4) is 0 Å². The average Bonchev–Trinajstić information content (AvgIpc) is 2.20. The van der Waals surface area contributed by atoms with E-state index in [0.717, 1.165) is 18.6 Å². The van der Waals surface area contributed by atoms with Crippen molar-refractivity contribution in [3.8, 4) is 5.75 Å². The summed E-state index contributed by atoms with van der Waals surface area (Å²) in [4.78, 5) is 0. The van der Waals surface area contributed by atoms with Gasteiger partial charge in [-0.25, -0.2) is 0 Å². The predicted octanol–water partition coefficient (Wildman–Crippen LogP) is 2.30. The largest absolute Gasteiger partial charge is 0.494 e. The zero-order valence-electron chi connectivity index (χ0n) is 9.99. The van der Waals surface area contributed by atoms with E-state index in [2.05, 4.69) is 24.4 Å². The van der Waals surface area contributed by atoms with Crippen LogP contribution in [0.5, 0.6) is 5.75 Å². The Kier molecular flexibility index (Phi) is 3.34. The minimum Gasteiger partial charge on any atom is -0.494 e. The van der Waals surface area contributed by atoms with Crippen LogP contribution in [-0.2, 0) is 0 Å². The molecule has 0 radical (unpaired) electrons. The Morgan fingerprint density at radius 2 is 2.19 bits per heavy atom. The highest BCUT2D eigenvalue weighted by Gasteiger charge is 2.25. The molecule has 1 saturated carbocycles. The molecule has 0 bridgehead atoms. The van der Waals surface area contributed by atoms with E-state index in [9.17, 15) is 0 Å². The van der Waals surface area contributed by atoms with E-state index in [1.807, 2.05) is 13.0 Å². The minimum absolute atomic E-state index is 0.389. The monoisotopic (exact) mass is 220 g/mol. The van der Waals surface area contributed by atoms with Crippen molar-refractivity contribution in [3.05, 3.63) is 23.8 Å². The fourth-order valence-electron chi connectivity index (χ4n) is 2.05. The SMILES string of the molecule is CCOc1ccc(NC2CC(N)C2)c(C)c1. The first kappa shape index (κ1) is 11.3. The third-order valence-corrected chi connectivity index (χ3v) is 3.04. The summed E-state index contributed by atoms with van der Waals surface area (Å²) in [7, 11) is 0. The Morgan fingerprint density at radius 1 is 1.44 bits per heavy atom. The predicted molar refractivity (Wildman–Crippen MR) is 67.0 cm³/mol. The van der Waals surface area contributed by atoms with E-state index in [-0.39, 0.29) is 0 Å². The Morgan fingerprint density at radius 3 is 2.75 bits per heavy atom. The highest BCUT2D eigenvalue weighted by molar-refractivity contribution is 5.54. The highest BCUT2D eigenvalue weighted by Crippen LogP contribution is 2.26. The zero-order chi connectivity index (χ0) is 11.5. The molecule has 0 atom stereocenters. The second kappa shape index (κ2) is 4.74. The van der Waals surface area contributed by atoms with Crippen LogP contribution >= 0.6 is 0 Å². The quantitative estimate of drug-likeness (QED) is 0.818. The van der Waals surface area contributed by atoms with Gasteiger partial charge in [0.2, 0.25) is 0 Å². The van der Waals surface area contributed by atoms with Gasteiger partial charge in [0, 0.05) is 17.8 Å². The molecule has 1 fully saturated rings. The molecule has 16 heavy (non-hydrogen) atoms. The Labute approximate surface area is 97.0 Å². The van der Waals surface area contributed by atoms with Gasteiger partial charge < -0.3 is 15.8 Å². The van der Waals surface area contributed by atoms with Crippen LogP contribution < -0.4 is 15.8 Å². The summed E-state index contributed by atoms with van der Waals surface area (Å²) in [6.45, 7) is 4.81. The van der Waals surface area contributed by atoms with Gasteiger partial charge in [-0.15, -0.1) is 0 Å². The molecule has 3 heteroatoms. The first-order chi connectivity index (χ1) is 7.69. The smallest absolute Gasteiger partial charge is 0.119 e. The molecule has 0 spiro atoms. The Balaban J connectivity index is 1.99. The van der Waals surface area contributed by atoms with E-state index < -0.39 is 0 Å². The van der Waals surface area contributed by atoms with Crippen molar-refractivity contribution in [1.82, 2.24) is 0 Å². The third kappa shape index (κ3) is 2.47. The molecule has 0 aromatic heterocycles. The van der Waals surface area contributed by atoms with E-state index in [4.69, 9.17) is 10.5 Å². The van der Waals surface area contributed by atoms with Crippen LogP contribution in [0, 0.1) is 6.92 Å². The van der Waals surface area contributed by atoms with Crippen LogP contribution in [-0.4, -0.2) is 18.7 Å². The van der Waals surface area contributed by atoms with E-state index in [0.29, 0.717) is 18.7 Å². The van der Waals surface area contributed by atoms with Gasteiger partial charge in [-0.2, -0.15) is 0 Å².